The molecule has 0 aliphatic rings. The van der Waals surface area contributed by atoms with Gasteiger partial charge in [0, 0.05) is 11.0 Å². The second kappa shape index (κ2) is 11.5. The number of hydrogen-bond acceptors (Lipinski definition) is 2. The largest absolute Gasteiger partial charge is 0.478 e. The lowest BCUT2D eigenvalue weighted by Gasteiger charge is -2.06. The number of carboxylic acids is 1. The van der Waals surface area contributed by atoms with Gasteiger partial charge in [-0.25, -0.2) is 4.79 Å². The summed E-state index contributed by atoms with van der Waals surface area (Å²) in [5, 5.41) is 13.9. The highest BCUT2D eigenvalue weighted by atomic mass is 32.1. The fourth-order valence-corrected chi connectivity index (χ4v) is 4.04. The lowest BCUT2D eigenvalue weighted by molar-refractivity contribution is -0.132. The summed E-state index contributed by atoms with van der Waals surface area (Å²) in [6.45, 7) is 6.14. The fraction of sp³-hybridized carbons (Fsp3) is 0.233. The molecule has 168 valence electrons. The van der Waals surface area contributed by atoms with E-state index in [0.717, 1.165) is 18.4 Å². The molecule has 33 heavy (non-hydrogen) atoms. The average molecular weight is 455 g/mol. The van der Waals surface area contributed by atoms with E-state index < -0.39 is 5.97 Å². The van der Waals surface area contributed by atoms with Gasteiger partial charge >= 0.3 is 5.97 Å². The van der Waals surface area contributed by atoms with Gasteiger partial charge < -0.3 is 5.11 Å². The van der Waals surface area contributed by atoms with Gasteiger partial charge in [0.15, 0.2) is 0 Å². The summed E-state index contributed by atoms with van der Waals surface area (Å²) >= 11 is 1.71. The van der Waals surface area contributed by atoms with E-state index in [0.29, 0.717) is 12.0 Å². The molecule has 0 aliphatic carbocycles. The summed E-state index contributed by atoms with van der Waals surface area (Å²) in [4.78, 5) is 11.7. The van der Waals surface area contributed by atoms with Crippen molar-refractivity contribution in [1.82, 2.24) is 0 Å². The number of rotatable bonds is 8. The van der Waals surface area contributed by atoms with E-state index in [1.54, 1.807) is 23.5 Å². The lowest BCUT2D eigenvalue weighted by Crippen LogP contribution is -2.00. The molecule has 0 unspecified atom stereocenters. The topological polar surface area (TPSA) is 37.3 Å². The van der Waals surface area contributed by atoms with E-state index in [1.165, 1.54) is 22.3 Å². The molecule has 3 aromatic rings. The van der Waals surface area contributed by atoms with Crippen LogP contribution in [0.4, 0.5) is 0 Å². The molecule has 0 fully saturated rings. The first-order chi connectivity index (χ1) is 15.8. The lowest BCUT2D eigenvalue weighted by atomic mass is 9.98. The molecule has 2 nitrogen and oxygen atoms in total. The van der Waals surface area contributed by atoms with Crippen LogP contribution in [-0.2, 0) is 17.6 Å². The third-order valence-electron chi connectivity index (χ3n) is 5.04. The Morgan fingerprint density at radius 2 is 1.73 bits per heavy atom. The maximum absolute atomic E-state index is 11.7. The number of carboxylic acid groups (broad SMARTS) is 1. The zero-order chi connectivity index (χ0) is 23.7. The quantitative estimate of drug-likeness (QED) is 0.280. The number of aliphatic carboxylic acids is 1. The minimum atomic E-state index is -0.904. The molecule has 0 bridgehead atoms. The molecule has 0 saturated carbocycles. The van der Waals surface area contributed by atoms with Crippen molar-refractivity contribution in [2.75, 3.05) is 0 Å². The van der Waals surface area contributed by atoms with E-state index in [2.05, 4.69) is 65.1 Å². The smallest absolute Gasteiger partial charge is 0.331 e. The molecule has 0 aliphatic heterocycles. The summed E-state index contributed by atoms with van der Waals surface area (Å²) in [6.07, 6.45) is 7.48. The number of carbonyl (C=O) groups is 1. The van der Waals surface area contributed by atoms with Crippen molar-refractivity contribution in [3.8, 4) is 23.0 Å². The van der Waals surface area contributed by atoms with Crippen LogP contribution in [0.1, 0.15) is 43.9 Å². The predicted octanol–water partition coefficient (Wildman–Crippen LogP) is 7.66. The number of aryl methyl sites for hydroxylation is 2. The zero-order valence-corrected chi connectivity index (χ0v) is 20.3. The molecule has 0 saturated heterocycles. The summed E-state index contributed by atoms with van der Waals surface area (Å²) in [6, 6.07) is 18.9. The first-order valence-corrected chi connectivity index (χ1v) is 12.1. The van der Waals surface area contributed by atoms with Crippen LogP contribution >= 0.6 is 11.3 Å². The minimum absolute atomic E-state index is 0.0680. The van der Waals surface area contributed by atoms with Crippen molar-refractivity contribution in [3.05, 3.63) is 99.8 Å². The van der Waals surface area contributed by atoms with Gasteiger partial charge in [-0.3, -0.25) is 0 Å². The molecule has 0 radical (unpaired) electrons. The van der Waals surface area contributed by atoms with Crippen LogP contribution in [0.25, 0.3) is 17.2 Å². The Morgan fingerprint density at radius 1 is 1.00 bits per heavy atom. The van der Waals surface area contributed by atoms with Gasteiger partial charge in [-0.1, -0.05) is 66.4 Å². The third kappa shape index (κ3) is 8.25. The average Bonchev–Trinajstić information content (AvgIpc) is 3.31. The molecule has 0 atom stereocenters. The van der Waals surface area contributed by atoms with Crippen molar-refractivity contribution in [1.29, 1.82) is 0 Å². The SMILES string of the molecule is CC(C)(C)C#C/C=C/C/C(=C\c1cccc(CCc2cccc(-c3ccsc3)c2)c1)C(=O)O. The maximum Gasteiger partial charge on any atom is 0.331 e. The van der Waals surface area contributed by atoms with Gasteiger partial charge in [0.2, 0.25) is 0 Å². The summed E-state index contributed by atoms with van der Waals surface area (Å²) in [5.41, 5.74) is 6.19. The summed E-state index contributed by atoms with van der Waals surface area (Å²) in [5.74, 6) is 5.20. The molecular weight excluding hydrogens is 424 g/mol. The first kappa shape index (κ1) is 24.3. The van der Waals surface area contributed by atoms with Crippen LogP contribution in [0.5, 0.6) is 0 Å². The van der Waals surface area contributed by atoms with Crippen molar-refractivity contribution in [3.63, 3.8) is 0 Å². The van der Waals surface area contributed by atoms with Crippen LogP contribution in [0.2, 0.25) is 0 Å². The van der Waals surface area contributed by atoms with E-state index in [1.807, 2.05) is 39.0 Å². The van der Waals surface area contributed by atoms with Gasteiger partial charge in [-0.05, 0) is 96.8 Å². The molecule has 0 amide bonds. The number of benzene rings is 2. The molecule has 0 spiro atoms. The Morgan fingerprint density at radius 3 is 2.39 bits per heavy atom. The molecule has 1 heterocycles. The van der Waals surface area contributed by atoms with Crippen molar-refractivity contribution < 1.29 is 9.90 Å². The Labute approximate surface area is 201 Å². The predicted molar refractivity (Wildman–Crippen MR) is 140 cm³/mol. The van der Waals surface area contributed by atoms with Crippen molar-refractivity contribution in [2.24, 2.45) is 5.41 Å². The van der Waals surface area contributed by atoms with Crippen molar-refractivity contribution >= 4 is 23.4 Å². The fourth-order valence-electron chi connectivity index (χ4n) is 3.37. The van der Waals surface area contributed by atoms with E-state index in [9.17, 15) is 9.90 Å². The Balaban J connectivity index is 1.67. The Hall–Kier alpha value is -3.35. The molecule has 3 heteroatoms. The van der Waals surface area contributed by atoms with Gasteiger partial charge in [0.1, 0.15) is 0 Å². The maximum atomic E-state index is 11.7. The summed E-state index contributed by atoms with van der Waals surface area (Å²) in [7, 11) is 0. The third-order valence-corrected chi connectivity index (χ3v) is 5.72. The number of hydrogen-bond donors (Lipinski definition) is 1. The molecule has 1 N–H and O–H groups in total. The Kier molecular flexibility index (Phi) is 8.46. The summed E-state index contributed by atoms with van der Waals surface area (Å²) < 4.78 is 0. The highest BCUT2D eigenvalue weighted by Gasteiger charge is 2.07. The van der Waals surface area contributed by atoms with E-state index >= 15 is 0 Å². The Bertz CT molecular complexity index is 1200. The normalized spacial score (nSPS) is 11.9. The molecule has 2 aromatic carbocycles. The van der Waals surface area contributed by atoms with Crippen LogP contribution in [0, 0.1) is 17.3 Å². The van der Waals surface area contributed by atoms with Gasteiger partial charge in [-0.15, -0.1) is 0 Å². The molecule has 3 rings (SSSR count). The highest BCUT2D eigenvalue weighted by molar-refractivity contribution is 7.08. The van der Waals surface area contributed by atoms with Crippen LogP contribution < -0.4 is 0 Å². The second-order valence-electron chi connectivity index (χ2n) is 9.06. The van der Waals surface area contributed by atoms with Crippen molar-refractivity contribution in [2.45, 2.75) is 40.0 Å². The van der Waals surface area contributed by atoms with Gasteiger partial charge in [-0.2, -0.15) is 11.3 Å². The molecule has 1 aromatic heterocycles. The number of allylic oxidation sites excluding steroid dienone is 2. The first-order valence-electron chi connectivity index (χ1n) is 11.1. The van der Waals surface area contributed by atoms with E-state index in [4.69, 9.17) is 0 Å². The zero-order valence-electron chi connectivity index (χ0n) is 19.5. The van der Waals surface area contributed by atoms with E-state index in [-0.39, 0.29) is 5.41 Å². The second-order valence-corrected chi connectivity index (χ2v) is 9.84. The number of thiophene rings is 1. The van der Waals surface area contributed by atoms with Crippen LogP contribution in [0.15, 0.2) is 83.1 Å². The van der Waals surface area contributed by atoms with Gasteiger partial charge in [0.25, 0.3) is 0 Å². The molecular formula is C30H30O2S. The standard InChI is InChI=1S/C30H30O2S/c1-30(2,3)17-6-4-5-12-27(29(31)32)21-25-11-7-9-23(19-25)14-15-24-10-8-13-26(20-24)28-16-18-33-22-28/h4-5,7-11,13,16,18-22H,12,14-15H2,1-3H3,(H,31,32)/b5-4+,27-21+. The van der Waals surface area contributed by atoms with Crippen LogP contribution in [0.3, 0.4) is 0 Å². The van der Waals surface area contributed by atoms with Gasteiger partial charge in [0.05, 0.1) is 0 Å². The monoisotopic (exact) mass is 454 g/mol. The highest BCUT2D eigenvalue weighted by Crippen LogP contribution is 2.23. The van der Waals surface area contributed by atoms with Crippen LogP contribution in [-0.4, -0.2) is 11.1 Å². The minimum Gasteiger partial charge on any atom is -0.478 e.